The van der Waals surface area contributed by atoms with E-state index >= 15 is 0 Å². The van der Waals surface area contributed by atoms with E-state index in [2.05, 4.69) is 62.6 Å². The number of para-hydroxylation sites is 1. The number of aromatic nitrogens is 4. The van der Waals surface area contributed by atoms with Crippen molar-refractivity contribution in [2.45, 2.75) is 32.4 Å². The van der Waals surface area contributed by atoms with E-state index in [9.17, 15) is 0 Å². The topological polar surface area (TPSA) is 59.3 Å². The van der Waals surface area contributed by atoms with Gasteiger partial charge in [0.2, 0.25) is 0 Å². The first kappa shape index (κ1) is 17.8. The first-order chi connectivity index (χ1) is 12.3. The van der Waals surface area contributed by atoms with E-state index in [1.54, 1.807) is 7.11 Å². The van der Waals surface area contributed by atoms with E-state index in [0.29, 0.717) is 13.2 Å². The van der Waals surface area contributed by atoms with Gasteiger partial charge in [0, 0.05) is 39.0 Å². The van der Waals surface area contributed by atoms with Crippen molar-refractivity contribution in [2.75, 3.05) is 44.8 Å². The molecule has 1 aromatic heterocycles. The molecule has 0 bridgehead atoms. The quantitative estimate of drug-likeness (QED) is 0.730. The minimum atomic E-state index is 0.273. The lowest BCUT2D eigenvalue weighted by atomic mass is 10.1. The monoisotopic (exact) mass is 344 g/mol. The fourth-order valence-electron chi connectivity index (χ4n) is 3.47. The molecule has 1 saturated heterocycles. The summed E-state index contributed by atoms with van der Waals surface area (Å²) >= 11 is 0. The van der Waals surface area contributed by atoms with Gasteiger partial charge in [0.05, 0.1) is 19.2 Å². The first-order valence-corrected chi connectivity index (χ1v) is 9.12. The highest BCUT2D eigenvalue weighted by Gasteiger charge is 2.28. The second-order valence-electron chi connectivity index (χ2n) is 6.42. The molecule has 1 aromatic carbocycles. The Bertz CT molecular complexity index is 624. The lowest BCUT2D eigenvalue weighted by Crippen LogP contribution is -2.48. The van der Waals surface area contributed by atoms with Crippen LogP contribution in [0, 0.1) is 0 Å². The lowest BCUT2D eigenvalue weighted by Gasteiger charge is -2.39. The summed E-state index contributed by atoms with van der Waals surface area (Å²) in [5.74, 6) is 0.965. The third-order valence-electron chi connectivity index (χ3n) is 4.80. The zero-order chi connectivity index (χ0) is 17.5. The zero-order valence-corrected chi connectivity index (χ0v) is 15.2. The number of ether oxygens (including phenoxy) is 1. The Morgan fingerprint density at radius 2 is 1.88 bits per heavy atom. The molecule has 0 saturated carbocycles. The van der Waals surface area contributed by atoms with Gasteiger partial charge in [-0.3, -0.25) is 4.90 Å². The fraction of sp³-hybridized carbons (Fsp3) is 0.611. The van der Waals surface area contributed by atoms with Gasteiger partial charge in [-0.2, -0.15) is 0 Å². The van der Waals surface area contributed by atoms with Crippen molar-refractivity contribution >= 4 is 5.69 Å². The molecule has 0 radical (unpaired) electrons. The number of tetrazole rings is 1. The normalized spacial score (nSPS) is 17.0. The average molecular weight is 344 g/mol. The van der Waals surface area contributed by atoms with Crippen LogP contribution in [0.4, 0.5) is 5.69 Å². The molecule has 2 heterocycles. The van der Waals surface area contributed by atoms with Crippen LogP contribution in [0.2, 0.25) is 0 Å². The molecule has 0 spiro atoms. The number of benzene rings is 1. The van der Waals surface area contributed by atoms with Crippen molar-refractivity contribution in [3.05, 3.63) is 36.2 Å². The van der Waals surface area contributed by atoms with Crippen molar-refractivity contribution in [1.29, 1.82) is 0 Å². The van der Waals surface area contributed by atoms with Crippen LogP contribution >= 0.6 is 0 Å². The van der Waals surface area contributed by atoms with Crippen LogP contribution in [-0.2, 0) is 11.3 Å². The van der Waals surface area contributed by atoms with Crippen LogP contribution in [0.5, 0.6) is 0 Å². The number of piperazine rings is 1. The van der Waals surface area contributed by atoms with Crippen LogP contribution in [0.3, 0.4) is 0 Å². The van der Waals surface area contributed by atoms with Gasteiger partial charge < -0.3 is 9.64 Å². The summed E-state index contributed by atoms with van der Waals surface area (Å²) in [5, 5.41) is 12.4. The summed E-state index contributed by atoms with van der Waals surface area (Å²) in [5.41, 5.74) is 1.30. The molecule has 2 aromatic rings. The summed E-state index contributed by atoms with van der Waals surface area (Å²) in [4.78, 5) is 4.98. The molecule has 136 valence electrons. The molecule has 3 rings (SSSR count). The van der Waals surface area contributed by atoms with Crippen LogP contribution in [-0.4, -0.2) is 65.0 Å². The summed E-state index contributed by atoms with van der Waals surface area (Å²) < 4.78 is 7.08. The average Bonchev–Trinajstić information content (AvgIpc) is 3.13. The number of methoxy groups -OCH3 is 1. The highest BCUT2D eigenvalue weighted by molar-refractivity contribution is 5.46. The summed E-state index contributed by atoms with van der Waals surface area (Å²) in [6.45, 7) is 7.65. The molecule has 0 aliphatic carbocycles. The molecule has 7 heteroatoms. The van der Waals surface area contributed by atoms with E-state index in [1.165, 1.54) is 5.69 Å². The zero-order valence-electron chi connectivity index (χ0n) is 15.2. The van der Waals surface area contributed by atoms with Crippen molar-refractivity contribution in [3.8, 4) is 0 Å². The first-order valence-electron chi connectivity index (χ1n) is 9.12. The van der Waals surface area contributed by atoms with Crippen LogP contribution in [0.15, 0.2) is 30.3 Å². The van der Waals surface area contributed by atoms with Gasteiger partial charge in [0.15, 0.2) is 5.82 Å². The number of hydrogen-bond donors (Lipinski definition) is 0. The Kier molecular flexibility index (Phi) is 6.36. The Morgan fingerprint density at radius 1 is 1.12 bits per heavy atom. The van der Waals surface area contributed by atoms with Gasteiger partial charge in [-0.15, -0.1) is 5.10 Å². The van der Waals surface area contributed by atoms with Gasteiger partial charge in [0.1, 0.15) is 0 Å². The highest BCUT2D eigenvalue weighted by Crippen LogP contribution is 2.26. The van der Waals surface area contributed by atoms with Gasteiger partial charge in [-0.05, 0) is 29.0 Å². The van der Waals surface area contributed by atoms with Crippen molar-refractivity contribution in [2.24, 2.45) is 0 Å². The third-order valence-corrected chi connectivity index (χ3v) is 4.80. The molecule has 7 nitrogen and oxygen atoms in total. The van der Waals surface area contributed by atoms with Gasteiger partial charge in [-0.1, -0.05) is 31.5 Å². The minimum Gasteiger partial charge on any atom is -0.383 e. The van der Waals surface area contributed by atoms with E-state index in [1.807, 2.05) is 4.68 Å². The molecular weight excluding hydrogens is 316 g/mol. The Balaban J connectivity index is 1.67. The van der Waals surface area contributed by atoms with Crippen molar-refractivity contribution in [3.63, 3.8) is 0 Å². The molecule has 1 aliphatic rings. The molecule has 1 fully saturated rings. The SMILES string of the molecule is CCC[C@@H](c1nnnn1CCOC)N1CCN(c2ccccc2)CC1. The van der Waals surface area contributed by atoms with Gasteiger partial charge in [0.25, 0.3) is 0 Å². The Labute approximate surface area is 149 Å². The van der Waals surface area contributed by atoms with Crippen LogP contribution < -0.4 is 4.90 Å². The van der Waals surface area contributed by atoms with E-state index in [0.717, 1.165) is 44.8 Å². The van der Waals surface area contributed by atoms with Crippen LogP contribution in [0.1, 0.15) is 31.6 Å². The number of anilines is 1. The fourth-order valence-corrected chi connectivity index (χ4v) is 3.47. The maximum Gasteiger partial charge on any atom is 0.168 e. The number of hydrogen-bond acceptors (Lipinski definition) is 6. The number of nitrogens with zero attached hydrogens (tertiary/aromatic N) is 6. The van der Waals surface area contributed by atoms with E-state index in [-0.39, 0.29) is 6.04 Å². The highest BCUT2D eigenvalue weighted by atomic mass is 16.5. The largest absolute Gasteiger partial charge is 0.383 e. The van der Waals surface area contributed by atoms with Crippen molar-refractivity contribution < 1.29 is 4.74 Å². The van der Waals surface area contributed by atoms with Gasteiger partial charge >= 0.3 is 0 Å². The maximum absolute atomic E-state index is 5.18. The third kappa shape index (κ3) is 4.35. The maximum atomic E-state index is 5.18. The van der Waals surface area contributed by atoms with Gasteiger partial charge in [-0.25, -0.2) is 4.68 Å². The van der Waals surface area contributed by atoms with E-state index in [4.69, 9.17) is 4.74 Å². The van der Waals surface area contributed by atoms with Crippen LogP contribution in [0.25, 0.3) is 0 Å². The standard InChI is InChI=1S/C18H28N6O/c1-3-7-17(18-19-20-21-24(18)14-15-25-2)23-12-10-22(11-13-23)16-8-5-4-6-9-16/h4-6,8-9,17H,3,7,10-15H2,1-2H3/t17-/m0/s1. The molecule has 0 unspecified atom stereocenters. The Morgan fingerprint density at radius 3 is 2.56 bits per heavy atom. The predicted molar refractivity (Wildman–Crippen MR) is 97.6 cm³/mol. The predicted octanol–water partition coefficient (Wildman–Crippen LogP) is 1.98. The molecule has 1 aliphatic heterocycles. The molecule has 0 amide bonds. The summed E-state index contributed by atoms with van der Waals surface area (Å²) in [7, 11) is 1.70. The number of rotatable bonds is 8. The molecule has 25 heavy (non-hydrogen) atoms. The molecule has 0 N–H and O–H groups in total. The molecule has 1 atom stereocenters. The molecular formula is C18H28N6O. The lowest BCUT2D eigenvalue weighted by molar-refractivity contribution is 0.153. The van der Waals surface area contributed by atoms with Crippen molar-refractivity contribution in [1.82, 2.24) is 25.1 Å². The minimum absolute atomic E-state index is 0.273. The second kappa shape index (κ2) is 8.92. The Hall–Kier alpha value is -1.99. The smallest absolute Gasteiger partial charge is 0.168 e. The summed E-state index contributed by atoms with van der Waals surface area (Å²) in [6.07, 6.45) is 2.18. The van der Waals surface area contributed by atoms with E-state index < -0.39 is 0 Å². The second-order valence-corrected chi connectivity index (χ2v) is 6.42. The summed E-state index contributed by atoms with van der Waals surface area (Å²) in [6, 6.07) is 10.9.